The Bertz CT molecular complexity index is 1190. The molecule has 0 saturated carbocycles. The molecule has 1 N–H and O–H groups in total. The first kappa shape index (κ1) is 21.5. The number of hydrogen-bond donors (Lipinski definition) is 1. The standard InChI is InChI=1S/C24H20N2O5S/c1-2-12-31-24(30)15-7-5-8-16(14-15)26-20(17-9-3-4-11-25-17)19(22(28)23(26)29)21(27)18-10-6-13-32-18/h3-11,13-14,20,28H,2,12H2,1H3. The molecule has 0 fully saturated rings. The average molecular weight is 449 g/mol. The van der Waals surface area contributed by atoms with E-state index >= 15 is 0 Å². The van der Waals surface area contributed by atoms with E-state index in [2.05, 4.69) is 4.98 Å². The number of amides is 1. The van der Waals surface area contributed by atoms with E-state index in [0.29, 0.717) is 22.7 Å². The Balaban J connectivity index is 1.80. The molecule has 0 spiro atoms. The van der Waals surface area contributed by atoms with Crippen molar-refractivity contribution < 1.29 is 24.2 Å². The Morgan fingerprint density at radius 1 is 1.16 bits per heavy atom. The van der Waals surface area contributed by atoms with Crippen molar-refractivity contribution in [3.8, 4) is 0 Å². The molecule has 3 heterocycles. The van der Waals surface area contributed by atoms with E-state index in [4.69, 9.17) is 4.74 Å². The monoisotopic (exact) mass is 448 g/mol. The van der Waals surface area contributed by atoms with Crippen LogP contribution in [-0.4, -0.2) is 34.4 Å². The molecule has 4 rings (SSSR count). The SMILES string of the molecule is CCCOC(=O)c1cccc(N2C(=O)C(O)=C(C(=O)c3cccs3)C2c2ccccn2)c1. The minimum Gasteiger partial charge on any atom is -0.503 e. The number of carbonyl (C=O) groups excluding carboxylic acids is 3. The molecule has 1 atom stereocenters. The van der Waals surface area contributed by atoms with Crippen LogP contribution in [0.5, 0.6) is 0 Å². The van der Waals surface area contributed by atoms with Crippen molar-refractivity contribution in [3.05, 3.63) is 93.6 Å². The van der Waals surface area contributed by atoms with Gasteiger partial charge in [0.25, 0.3) is 5.91 Å². The summed E-state index contributed by atoms with van der Waals surface area (Å²) >= 11 is 1.22. The highest BCUT2D eigenvalue weighted by Crippen LogP contribution is 2.41. The second kappa shape index (κ2) is 9.15. The molecule has 0 aliphatic carbocycles. The van der Waals surface area contributed by atoms with Gasteiger partial charge in [0, 0.05) is 11.9 Å². The number of nitrogens with zero attached hydrogens (tertiary/aromatic N) is 2. The Morgan fingerprint density at radius 2 is 2.00 bits per heavy atom. The molecule has 1 aromatic carbocycles. The first-order chi connectivity index (χ1) is 15.5. The van der Waals surface area contributed by atoms with Crippen molar-refractivity contribution in [2.45, 2.75) is 19.4 Å². The van der Waals surface area contributed by atoms with Crippen LogP contribution in [0, 0.1) is 0 Å². The van der Waals surface area contributed by atoms with Crippen LogP contribution in [0.15, 0.2) is 77.5 Å². The minimum absolute atomic E-state index is 0.0462. The molecule has 8 heteroatoms. The maximum atomic E-state index is 13.2. The number of anilines is 1. The number of ketones is 1. The van der Waals surface area contributed by atoms with E-state index in [1.165, 1.54) is 22.3 Å². The van der Waals surface area contributed by atoms with Gasteiger partial charge in [0.05, 0.1) is 28.3 Å². The van der Waals surface area contributed by atoms with Gasteiger partial charge >= 0.3 is 5.97 Å². The summed E-state index contributed by atoms with van der Waals surface area (Å²) in [6.45, 7) is 2.18. The summed E-state index contributed by atoms with van der Waals surface area (Å²) < 4.78 is 5.20. The van der Waals surface area contributed by atoms with Crippen LogP contribution >= 0.6 is 11.3 Å². The summed E-state index contributed by atoms with van der Waals surface area (Å²) in [5, 5.41) is 12.5. The molecule has 0 bridgehead atoms. The Labute approximate surface area is 188 Å². The van der Waals surface area contributed by atoms with Gasteiger partial charge in [-0.3, -0.25) is 19.5 Å². The maximum Gasteiger partial charge on any atom is 0.338 e. The van der Waals surface area contributed by atoms with E-state index in [1.54, 1.807) is 60.1 Å². The van der Waals surface area contributed by atoms with E-state index in [-0.39, 0.29) is 17.7 Å². The van der Waals surface area contributed by atoms with Crippen molar-refractivity contribution >= 4 is 34.7 Å². The fourth-order valence-electron chi connectivity index (χ4n) is 3.52. The molecule has 162 valence electrons. The number of thiophene rings is 1. The Kier molecular flexibility index (Phi) is 6.13. The van der Waals surface area contributed by atoms with E-state index < -0.39 is 29.5 Å². The molecule has 1 aliphatic heterocycles. The lowest BCUT2D eigenvalue weighted by Crippen LogP contribution is -2.31. The molecular formula is C24H20N2O5S. The number of rotatable bonds is 7. The van der Waals surface area contributed by atoms with Crippen molar-refractivity contribution in [2.75, 3.05) is 11.5 Å². The van der Waals surface area contributed by atoms with E-state index in [9.17, 15) is 19.5 Å². The number of hydrogen-bond acceptors (Lipinski definition) is 7. The first-order valence-electron chi connectivity index (χ1n) is 10.1. The number of benzene rings is 1. The lowest BCUT2D eigenvalue weighted by atomic mass is 9.98. The second-order valence-electron chi connectivity index (χ2n) is 7.09. The van der Waals surface area contributed by atoms with Gasteiger partial charge in [0.2, 0.25) is 5.78 Å². The number of Topliss-reactive ketones (excluding diaryl/α,β-unsaturated/α-hetero) is 1. The van der Waals surface area contributed by atoms with Gasteiger partial charge in [-0.25, -0.2) is 4.79 Å². The van der Waals surface area contributed by atoms with Crippen molar-refractivity contribution in [1.82, 2.24) is 4.98 Å². The number of aliphatic hydroxyl groups is 1. The molecule has 1 aliphatic rings. The predicted octanol–water partition coefficient (Wildman–Crippen LogP) is 4.49. The number of aromatic nitrogens is 1. The fraction of sp³-hybridized carbons (Fsp3) is 0.167. The molecule has 3 aromatic rings. The molecule has 7 nitrogen and oxygen atoms in total. The summed E-state index contributed by atoms with van der Waals surface area (Å²) in [5.41, 5.74) is 0.983. The highest BCUT2D eigenvalue weighted by atomic mass is 32.1. The minimum atomic E-state index is -0.944. The topological polar surface area (TPSA) is 96.8 Å². The molecule has 0 radical (unpaired) electrons. The number of pyridine rings is 1. The van der Waals surface area contributed by atoms with Crippen LogP contribution in [0.1, 0.15) is 45.1 Å². The van der Waals surface area contributed by atoms with Crippen LogP contribution in [0.4, 0.5) is 5.69 Å². The molecule has 2 aromatic heterocycles. The number of aliphatic hydroxyl groups excluding tert-OH is 1. The summed E-state index contributed by atoms with van der Waals surface area (Å²) in [5.74, 6) is -2.32. The van der Waals surface area contributed by atoms with Crippen molar-refractivity contribution in [1.29, 1.82) is 0 Å². The second-order valence-corrected chi connectivity index (χ2v) is 8.03. The van der Waals surface area contributed by atoms with E-state index in [0.717, 1.165) is 0 Å². The van der Waals surface area contributed by atoms with Crippen LogP contribution in [-0.2, 0) is 9.53 Å². The quantitative estimate of drug-likeness (QED) is 0.422. The van der Waals surface area contributed by atoms with Gasteiger partial charge in [-0.05, 0) is 48.2 Å². The van der Waals surface area contributed by atoms with E-state index in [1.807, 2.05) is 6.92 Å². The van der Waals surface area contributed by atoms with Crippen molar-refractivity contribution in [3.63, 3.8) is 0 Å². The summed E-state index contributed by atoms with van der Waals surface area (Å²) in [7, 11) is 0. The van der Waals surface area contributed by atoms with Gasteiger partial charge in [-0.2, -0.15) is 0 Å². The third-order valence-electron chi connectivity index (χ3n) is 4.96. The third-order valence-corrected chi connectivity index (χ3v) is 5.83. The Hall–Kier alpha value is -3.78. The summed E-state index contributed by atoms with van der Waals surface area (Å²) in [6, 6.07) is 13.9. The largest absolute Gasteiger partial charge is 0.503 e. The fourth-order valence-corrected chi connectivity index (χ4v) is 4.20. The maximum absolute atomic E-state index is 13.2. The molecule has 32 heavy (non-hydrogen) atoms. The summed E-state index contributed by atoms with van der Waals surface area (Å²) in [4.78, 5) is 44.8. The number of carbonyl (C=O) groups is 3. The predicted molar refractivity (Wildman–Crippen MR) is 120 cm³/mol. The van der Waals surface area contributed by atoms with Gasteiger partial charge in [-0.15, -0.1) is 11.3 Å². The van der Waals surface area contributed by atoms with Crippen molar-refractivity contribution in [2.24, 2.45) is 0 Å². The van der Waals surface area contributed by atoms with Gasteiger partial charge < -0.3 is 9.84 Å². The number of esters is 1. The zero-order valence-corrected chi connectivity index (χ0v) is 18.0. The van der Waals surface area contributed by atoms with Gasteiger partial charge in [0.1, 0.15) is 6.04 Å². The van der Waals surface area contributed by atoms with Crippen LogP contribution in [0.25, 0.3) is 0 Å². The first-order valence-corrected chi connectivity index (χ1v) is 10.9. The van der Waals surface area contributed by atoms with Crippen LogP contribution in [0.2, 0.25) is 0 Å². The lowest BCUT2D eigenvalue weighted by Gasteiger charge is -2.26. The average Bonchev–Trinajstić information content (AvgIpc) is 3.45. The normalized spacial score (nSPS) is 15.8. The van der Waals surface area contributed by atoms with Gasteiger partial charge in [-0.1, -0.05) is 25.1 Å². The summed E-state index contributed by atoms with van der Waals surface area (Å²) in [6.07, 6.45) is 2.24. The highest BCUT2D eigenvalue weighted by molar-refractivity contribution is 7.12. The lowest BCUT2D eigenvalue weighted by molar-refractivity contribution is -0.117. The molecule has 1 amide bonds. The molecular weight excluding hydrogens is 428 g/mol. The van der Waals surface area contributed by atoms with Crippen LogP contribution < -0.4 is 4.90 Å². The highest BCUT2D eigenvalue weighted by Gasteiger charge is 2.45. The molecule has 0 saturated heterocycles. The number of ether oxygens (including phenoxy) is 1. The van der Waals surface area contributed by atoms with Gasteiger partial charge in [0.15, 0.2) is 5.76 Å². The molecule has 1 unspecified atom stereocenters. The zero-order valence-electron chi connectivity index (χ0n) is 17.2. The smallest absolute Gasteiger partial charge is 0.338 e. The Morgan fingerprint density at radius 3 is 2.69 bits per heavy atom. The zero-order chi connectivity index (χ0) is 22.7. The third kappa shape index (κ3) is 3.92. The van der Waals surface area contributed by atoms with Crippen LogP contribution in [0.3, 0.4) is 0 Å².